The summed E-state index contributed by atoms with van der Waals surface area (Å²) in [5.74, 6) is -0.408. The van der Waals surface area contributed by atoms with Crippen LogP contribution in [0, 0.1) is 5.82 Å². The minimum Gasteiger partial charge on any atom is -0.330 e. The molecule has 0 bridgehead atoms. The first-order chi connectivity index (χ1) is 8.01. The SMILES string of the molecule is CNS(=O)(=O)N(CCCN)c1ccc(F)cc1. The highest BCUT2D eigenvalue weighted by atomic mass is 32.2. The molecule has 0 spiro atoms. The number of benzene rings is 1. The second-order valence-corrected chi connectivity index (χ2v) is 5.20. The number of nitrogens with two attached hydrogens (primary N) is 1. The van der Waals surface area contributed by atoms with Crippen molar-refractivity contribution in [2.24, 2.45) is 5.73 Å². The van der Waals surface area contributed by atoms with Crippen LogP contribution < -0.4 is 14.8 Å². The van der Waals surface area contributed by atoms with Crippen molar-refractivity contribution in [3.05, 3.63) is 30.1 Å². The van der Waals surface area contributed by atoms with Crippen LogP contribution in [0.3, 0.4) is 0 Å². The lowest BCUT2D eigenvalue weighted by Crippen LogP contribution is -2.40. The van der Waals surface area contributed by atoms with E-state index in [4.69, 9.17) is 5.73 Å². The summed E-state index contributed by atoms with van der Waals surface area (Å²) in [4.78, 5) is 0. The van der Waals surface area contributed by atoms with Gasteiger partial charge in [-0.3, -0.25) is 4.31 Å². The van der Waals surface area contributed by atoms with Gasteiger partial charge in [-0.25, -0.2) is 9.11 Å². The Labute approximate surface area is 101 Å². The Balaban J connectivity index is 3.02. The summed E-state index contributed by atoms with van der Waals surface area (Å²) in [6.45, 7) is 0.641. The van der Waals surface area contributed by atoms with Gasteiger partial charge in [0, 0.05) is 13.6 Å². The Morgan fingerprint density at radius 3 is 2.41 bits per heavy atom. The molecule has 0 heterocycles. The predicted octanol–water partition coefficient (Wildman–Crippen LogP) is 0.445. The van der Waals surface area contributed by atoms with Crippen molar-refractivity contribution in [1.29, 1.82) is 0 Å². The summed E-state index contributed by atoms with van der Waals surface area (Å²) in [6, 6.07) is 5.27. The van der Waals surface area contributed by atoms with E-state index in [0.29, 0.717) is 18.7 Å². The number of hydrogen-bond donors (Lipinski definition) is 2. The Morgan fingerprint density at radius 2 is 1.94 bits per heavy atom. The van der Waals surface area contributed by atoms with Crippen molar-refractivity contribution < 1.29 is 12.8 Å². The number of hydrogen-bond acceptors (Lipinski definition) is 3. The van der Waals surface area contributed by atoms with Crippen molar-refractivity contribution >= 4 is 15.9 Å². The lowest BCUT2D eigenvalue weighted by atomic mass is 10.3. The highest BCUT2D eigenvalue weighted by molar-refractivity contribution is 7.90. The van der Waals surface area contributed by atoms with E-state index < -0.39 is 16.0 Å². The molecular formula is C10H16FN3O2S. The van der Waals surface area contributed by atoms with Crippen LogP contribution in [-0.4, -0.2) is 28.6 Å². The minimum absolute atomic E-state index is 0.255. The molecule has 1 rings (SSSR count). The Bertz CT molecular complexity index is 447. The lowest BCUT2D eigenvalue weighted by molar-refractivity contribution is 0.581. The van der Waals surface area contributed by atoms with E-state index in [1.54, 1.807) is 0 Å². The largest absolute Gasteiger partial charge is 0.330 e. The molecule has 1 aromatic rings. The van der Waals surface area contributed by atoms with Crippen molar-refractivity contribution in [2.75, 3.05) is 24.4 Å². The average Bonchev–Trinajstić information content (AvgIpc) is 2.31. The van der Waals surface area contributed by atoms with E-state index in [9.17, 15) is 12.8 Å². The zero-order chi connectivity index (χ0) is 12.9. The molecular weight excluding hydrogens is 245 g/mol. The molecule has 0 amide bonds. The van der Waals surface area contributed by atoms with Crippen molar-refractivity contribution in [3.63, 3.8) is 0 Å². The first kappa shape index (κ1) is 13.9. The number of nitrogens with one attached hydrogen (secondary N) is 1. The second kappa shape index (κ2) is 5.95. The van der Waals surface area contributed by atoms with Gasteiger partial charge in [-0.1, -0.05) is 0 Å². The van der Waals surface area contributed by atoms with E-state index in [1.807, 2.05) is 0 Å². The van der Waals surface area contributed by atoms with Crippen LogP contribution in [0.15, 0.2) is 24.3 Å². The summed E-state index contributed by atoms with van der Waals surface area (Å²) in [5.41, 5.74) is 5.77. The van der Waals surface area contributed by atoms with Gasteiger partial charge in [0.1, 0.15) is 5.82 Å². The van der Waals surface area contributed by atoms with Gasteiger partial charge in [0.05, 0.1) is 5.69 Å². The quantitative estimate of drug-likeness (QED) is 0.780. The molecule has 0 aliphatic carbocycles. The second-order valence-electron chi connectivity index (χ2n) is 3.40. The first-order valence-electron chi connectivity index (χ1n) is 5.18. The van der Waals surface area contributed by atoms with Crippen molar-refractivity contribution in [1.82, 2.24) is 4.72 Å². The number of nitrogens with zero attached hydrogens (tertiary/aromatic N) is 1. The standard InChI is InChI=1S/C10H16FN3O2S/c1-13-17(15,16)14(8-2-7-12)10-5-3-9(11)4-6-10/h3-6,13H,2,7-8,12H2,1H3. The summed E-state index contributed by atoms with van der Waals surface area (Å²) in [7, 11) is -2.27. The zero-order valence-electron chi connectivity index (χ0n) is 9.56. The van der Waals surface area contributed by atoms with Gasteiger partial charge in [0.2, 0.25) is 0 Å². The number of halogens is 1. The molecule has 0 radical (unpaired) electrons. The van der Waals surface area contributed by atoms with Gasteiger partial charge in [-0.15, -0.1) is 0 Å². The van der Waals surface area contributed by atoms with Gasteiger partial charge in [0.25, 0.3) is 0 Å². The van der Waals surface area contributed by atoms with E-state index in [-0.39, 0.29) is 6.54 Å². The van der Waals surface area contributed by atoms with Gasteiger partial charge >= 0.3 is 10.2 Å². The van der Waals surface area contributed by atoms with Crippen LogP contribution in [0.25, 0.3) is 0 Å². The van der Waals surface area contributed by atoms with Crippen molar-refractivity contribution in [3.8, 4) is 0 Å². The van der Waals surface area contributed by atoms with Gasteiger partial charge in [0.15, 0.2) is 0 Å². The molecule has 1 aromatic carbocycles. The third-order valence-corrected chi connectivity index (χ3v) is 3.72. The maximum absolute atomic E-state index is 12.8. The third-order valence-electron chi connectivity index (χ3n) is 2.23. The zero-order valence-corrected chi connectivity index (χ0v) is 10.4. The van der Waals surface area contributed by atoms with Crippen LogP contribution in [0.5, 0.6) is 0 Å². The Kier molecular flexibility index (Phi) is 4.86. The molecule has 0 unspecified atom stereocenters. The maximum Gasteiger partial charge on any atom is 0.301 e. The minimum atomic E-state index is -3.59. The molecule has 0 saturated carbocycles. The fourth-order valence-electron chi connectivity index (χ4n) is 1.34. The summed E-state index contributed by atoms with van der Waals surface area (Å²) in [5, 5.41) is 0. The molecule has 17 heavy (non-hydrogen) atoms. The highest BCUT2D eigenvalue weighted by Crippen LogP contribution is 2.17. The van der Waals surface area contributed by atoms with Crippen LogP contribution in [-0.2, 0) is 10.2 Å². The van der Waals surface area contributed by atoms with E-state index >= 15 is 0 Å². The Hall–Kier alpha value is -1.18. The third kappa shape index (κ3) is 3.65. The van der Waals surface area contributed by atoms with Gasteiger partial charge < -0.3 is 5.73 Å². The highest BCUT2D eigenvalue weighted by Gasteiger charge is 2.19. The van der Waals surface area contributed by atoms with E-state index in [2.05, 4.69) is 4.72 Å². The molecule has 7 heteroatoms. The molecule has 96 valence electrons. The molecule has 0 fully saturated rings. The van der Waals surface area contributed by atoms with Crippen LogP contribution in [0.2, 0.25) is 0 Å². The molecule has 3 N–H and O–H groups in total. The average molecular weight is 261 g/mol. The summed E-state index contributed by atoms with van der Waals surface area (Å²) < 4.78 is 39.7. The van der Waals surface area contributed by atoms with Crippen molar-refractivity contribution in [2.45, 2.75) is 6.42 Å². The normalized spacial score (nSPS) is 11.5. The molecule has 0 aromatic heterocycles. The van der Waals surface area contributed by atoms with Crippen LogP contribution in [0.4, 0.5) is 10.1 Å². The molecule has 5 nitrogen and oxygen atoms in total. The summed E-state index contributed by atoms with van der Waals surface area (Å²) in [6.07, 6.45) is 0.526. The van der Waals surface area contributed by atoms with Crippen LogP contribution >= 0.6 is 0 Å². The number of anilines is 1. The molecule has 0 aliphatic heterocycles. The van der Waals surface area contributed by atoms with Gasteiger partial charge in [-0.05, 0) is 37.2 Å². The van der Waals surface area contributed by atoms with Gasteiger partial charge in [-0.2, -0.15) is 8.42 Å². The topological polar surface area (TPSA) is 75.4 Å². The maximum atomic E-state index is 12.8. The molecule has 0 atom stereocenters. The number of rotatable bonds is 6. The molecule has 0 saturated heterocycles. The van der Waals surface area contributed by atoms with E-state index in [0.717, 1.165) is 0 Å². The fraction of sp³-hybridized carbons (Fsp3) is 0.400. The smallest absolute Gasteiger partial charge is 0.301 e. The monoisotopic (exact) mass is 261 g/mol. The summed E-state index contributed by atoms with van der Waals surface area (Å²) >= 11 is 0. The fourth-order valence-corrected chi connectivity index (χ4v) is 2.33. The first-order valence-corrected chi connectivity index (χ1v) is 6.62. The lowest BCUT2D eigenvalue weighted by Gasteiger charge is -2.23. The van der Waals surface area contributed by atoms with Crippen LogP contribution in [0.1, 0.15) is 6.42 Å². The van der Waals surface area contributed by atoms with E-state index in [1.165, 1.54) is 35.6 Å². The molecule has 0 aliphatic rings. The predicted molar refractivity (Wildman–Crippen MR) is 65.4 cm³/mol. The Morgan fingerprint density at radius 1 is 1.35 bits per heavy atom.